The normalized spacial score (nSPS) is 11.1. The van der Waals surface area contributed by atoms with Crippen LogP contribution in [0.4, 0.5) is 11.4 Å². The second-order valence-electron chi connectivity index (χ2n) is 6.27. The van der Waals surface area contributed by atoms with Crippen LogP contribution in [0.5, 0.6) is 5.75 Å². The van der Waals surface area contributed by atoms with Gasteiger partial charge in [-0.1, -0.05) is 37.3 Å². The van der Waals surface area contributed by atoms with Gasteiger partial charge in [0.1, 0.15) is 11.4 Å². The van der Waals surface area contributed by atoms with Crippen molar-refractivity contribution in [2.24, 2.45) is 0 Å². The highest BCUT2D eigenvalue weighted by Gasteiger charge is 2.21. The average Bonchev–Trinajstić information content (AvgIpc) is 2.45. The summed E-state index contributed by atoms with van der Waals surface area (Å²) in [6.45, 7) is 11.9. The molecule has 0 heterocycles. The molecule has 0 aliphatic rings. The van der Waals surface area contributed by atoms with E-state index in [2.05, 4.69) is 6.07 Å². The van der Waals surface area contributed by atoms with Crippen LogP contribution in [0.1, 0.15) is 47.6 Å². The lowest BCUT2D eigenvalue weighted by molar-refractivity contribution is 0.193. The van der Waals surface area contributed by atoms with Crippen LogP contribution >= 0.6 is 0 Å². The third kappa shape index (κ3) is 2.69. The van der Waals surface area contributed by atoms with Crippen LogP contribution in [0.2, 0.25) is 0 Å². The standard InChI is InChI=1S/C19H24NO2/c1-11(2)16-8-7-9-17(19(16)21)20(22)18-14(5)12(3)10-13(4)15(18)6/h7-11,21H,1-6H3. The SMILES string of the molecule is Cc1cc(C)c(C)c(N([O])c2cccc(C(C)C)c2O)c1C. The van der Waals surface area contributed by atoms with Gasteiger partial charge in [0.15, 0.2) is 0 Å². The minimum absolute atomic E-state index is 0.0745. The molecule has 0 aromatic heterocycles. The molecule has 0 spiro atoms. The zero-order chi connectivity index (χ0) is 16.6. The molecule has 3 nitrogen and oxygen atoms in total. The Morgan fingerprint density at radius 1 is 1.00 bits per heavy atom. The Morgan fingerprint density at radius 2 is 1.55 bits per heavy atom. The highest BCUT2D eigenvalue weighted by atomic mass is 16.5. The molecular formula is C19H24NO2. The summed E-state index contributed by atoms with van der Waals surface area (Å²) in [6.07, 6.45) is 0. The van der Waals surface area contributed by atoms with Crippen molar-refractivity contribution in [3.05, 3.63) is 52.1 Å². The van der Waals surface area contributed by atoms with Crippen LogP contribution in [-0.4, -0.2) is 5.11 Å². The highest BCUT2D eigenvalue weighted by molar-refractivity contribution is 5.74. The Labute approximate surface area is 132 Å². The van der Waals surface area contributed by atoms with Gasteiger partial charge in [0.2, 0.25) is 0 Å². The van der Waals surface area contributed by atoms with Gasteiger partial charge in [0.05, 0.1) is 5.69 Å². The van der Waals surface area contributed by atoms with Gasteiger partial charge in [-0.25, -0.2) is 0 Å². The molecular weight excluding hydrogens is 274 g/mol. The van der Waals surface area contributed by atoms with Crippen molar-refractivity contribution in [2.45, 2.75) is 47.5 Å². The third-order valence-corrected chi connectivity index (χ3v) is 4.42. The molecule has 2 aromatic rings. The van der Waals surface area contributed by atoms with E-state index in [0.29, 0.717) is 11.4 Å². The number of aromatic hydroxyl groups is 1. The minimum atomic E-state index is 0.0745. The van der Waals surface area contributed by atoms with Crippen LogP contribution in [0.3, 0.4) is 0 Å². The number of para-hydroxylation sites is 1. The Hall–Kier alpha value is -2.00. The third-order valence-electron chi connectivity index (χ3n) is 4.42. The summed E-state index contributed by atoms with van der Waals surface area (Å²) in [5, 5.41) is 24.3. The van der Waals surface area contributed by atoms with Crippen molar-refractivity contribution >= 4 is 11.4 Å². The van der Waals surface area contributed by atoms with Crippen LogP contribution in [0.25, 0.3) is 0 Å². The lowest BCUT2D eigenvalue weighted by atomic mass is 9.97. The molecule has 2 aromatic carbocycles. The molecule has 2 rings (SSSR count). The largest absolute Gasteiger partial charge is 0.505 e. The van der Waals surface area contributed by atoms with Crippen LogP contribution in [-0.2, 0) is 5.21 Å². The first kappa shape index (κ1) is 16.4. The Kier molecular flexibility index (Phi) is 4.47. The summed E-state index contributed by atoms with van der Waals surface area (Å²) in [7, 11) is 0. The van der Waals surface area contributed by atoms with Crippen molar-refractivity contribution in [1.82, 2.24) is 0 Å². The number of hydrogen-bond acceptors (Lipinski definition) is 2. The first-order valence-electron chi connectivity index (χ1n) is 7.62. The molecule has 0 unspecified atom stereocenters. The molecule has 0 amide bonds. The molecule has 0 saturated carbocycles. The maximum Gasteiger partial charge on any atom is 0.145 e. The van der Waals surface area contributed by atoms with Crippen molar-refractivity contribution in [3.63, 3.8) is 0 Å². The van der Waals surface area contributed by atoms with E-state index < -0.39 is 0 Å². The average molecular weight is 298 g/mol. The van der Waals surface area contributed by atoms with Crippen LogP contribution in [0.15, 0.2) is 24.3 Å². The Balaban J connectivity index is 2.64. The van der Waals surface area contributed by atoms with Gasteiger partial charge in [0.25, 0.3) is 0 Å². The summed E-state index contributed by atoms with van der Waals surface area (Å²) in [6, 6.07) is 7.44. The number of rotatable bonds is 3. The van der Waals surface area contributed by atoms with E-state index >= 15 is 0 Å². The maximum absolute atomic E-state index is 12.9. The first-order valence-corrected chi connectivity index (χ1v) is 7.62. The zero-order valence-electron chi connectivity index (χ0n) is 14.2. The van der Waals surface area contributed by atoms with Gasteiger partial charge in [0, 0.05) is 0 Å². The molecule has 22 heavy (non-hydrogen) atoms. The van der Waals surface area contributed by atoms with Crippen molar-refractivity contribution in [2.75, 3.05) is 5.06 Å². The number of nitrogens with zero attached hydrogens (tertiary/aromatic N) is 1. The summed E-state index contributed by atoms with van der Waals surface area (Å²) in [5.74, 6) is 0.236. The number of anilines is 2. The van der Waals surface area contributed by atoms with Crippen LogP contribution in [0, 0.1) is 27.7 Å². The number of phenols is 1. The van der Waals surface area contributed by atoms with E-state index in [1.807, 2.05) is 53.7 Å². The van der Waals surface area contributed by atoms with E-state index in [4.69, 9.17) is 0 Å². The number of hydrogen-bond donors (Lipinski definition) is 1. The predicted octanol–water partition coefficient (Wildman–Crippen LogP) is 5.23. The van der Waals surface area contributed by atoms with Gasteiger partial charge in [-0.15, -0.1) is 0 Å². The Morgan fingerprint density at radius 3 is 2.05 bits per heavy atom. The van der Waals surface area contributed by atoms with Gasteiger partial charge in [-0.3, -0.25) is 0 Å². The summed E-state index contributed by atoms with van der Waals surface area (Å²) < 4.78 is 0. The lowest BCUT2D eigenvalue weighted by Gasteiger charge is -2.23. The molecule has 3 heteroatoms. The highest BCUT2D eigenvalue weighted by Crippen LogP contribution is 2.40. The molecule has 0 bridgehead atoms. The molecule has 0 aliphatic carbocycles. The van der Waals surface area contributed by atoms with Gasteiger partial charge >= 0.3 is 0 Å². The molecule has 1 N–H and O–H groups in total. The number of aryl methyl sites for hydroxylation is 2. The topological polar surface area (TPSA) is 43.4 Å². The van der Waals surface area contributed by atoms with Crippen LogP contribution < -0.4 is 5.06 Å². The van der Waals surface area contributed by atoms with E-state index in [9.17, 15) is 10.3 Å². The fraction of sp³-hybridized carbons (Fsp3) is 0.368. The summed E-state index contributed by atoms with van der Waals surface area (Å²) in [5.41, 5.74) is 5.80. The number of phenolic OH excluding ortho intramolecular Hbond substituents is 1. The van der Waals surface area contributed by atoms with Gasteiger partial charge < -0.3 is 5.11 Å². The summed E-state index contributed by atoms with van der Waals surface area (Å²) >= 11 is 0. The fourth-order valence-corrected chi connectivity index (χ4v) is 2.80. The molecule has 0 atom stereocenters. The molecule has 0 aliphatic heterocycles. The van der Waals surface area contributed by atoms with E-state index in [0.717, 1.165) is 32.9 Å². The van der Waals surface area contributed by atoms with Crippen molar-refractivity contribution in [3.8, 4) is 5.75 Å². The lowest BCUT2D eigenvalue weighted by Crippen LogP contribution is -2.14. The quantitative estimate of drug-likeness (QED) is 0.788. The monoisotopic (exact) mass is 298 g/mol. The second kappa shape index (κ2) is 6.01. The maximum atomic E-state index is 12.9. The minimum Gasteiger partial charge on any atom is -0.505 e. The van der Waals surface area contributed by atoms with Crippen molar-refractivity contribution < 1.29 is 10.3 Å². The molecule has 117 valence electrons. The Bertz CT molecular complexity index is 679. The first-order chi connectivity index (χ1) is 10.3. The molecule has 0 saturated heterocycles. The van der Waals surface area contributed by atoms with E-state index in [1.165, 1.54) is 0 Å². The predicted molar refractivity (Wildman–Crippen MR) is 90.4 cm³/mol. The number of benzene rings is 2. The van der Waals surface area contributed by atoms with E-state index in [1.54, 1.807) is 6.07 Å². The molecule has 0 fully saturated rings. The fourth-order valence-electron chi connectivity index (χ4n) is 2.80. The zero-order valence-corrected chi connectivity index (χ0v) is 14.2. The van der Waals surface area contributed by atoms with Gasteiger partial charge in [-0.05, 0) is 67.5 Å². The summed E-state index contributed by atoms with van der Waals surface area (Å²) in [4.78, 5) is 0. The van der Waals surface area contributed by atoms with E-state index in [-0.39, 0.29) is 11.7 Å². The van der Waals surface area contributed by atoms with Gasteiger partial charge in [-0.2, -0.15) is 5.06 Å². The smallest absolute Gasteiger partial charge is 0.145 e. The second-order valence-corrected chi connectivity index (χ2v) is 6.27. The molecule has 1 radical (unpaired) electrons. The van der Waals surface area contributed by atoms with Crippen molar-refractivity contribution in [1.29, 1.82) is 0 Å².